The number of hydrogen-bond donors (Lipinski definition) is 0. The second-order valence-corrected chi connectivity index (χ2v) is 13.3. The average molecular weight is 582 g/mol. The molecule has 0 bridgehead atoms. The van der Waals surface area contributed by atoms with Crippen LogP contribution in [0.25, 0.3) is 0 Å². The number of rotatable bonds is 7. The molecule has 5 heterocycles. The topological polar surface area (TPSA) is 88.8 Å². The van der Waals surface area contributed by atoms with E-state index >= 15 is 0 Å². The Kier molecular flexibility index (Phi) is 7.50. The smallest absolute Gasteiger partial charge is 0.318 e. The Labute approximate surface area is 255 Å². The van der Waals surface area contributed by atoms with Gasteiger partial charge in [-0.15, -0.1) is 0 Å². The van der Waals surface area contributed by atoms with Crippen molar-refractivity contribution in [2.24, 2.45) is 5.92 Å². The number of carbonyl (C=O) groups is 1. The Balaban J connectivity index is 1.20. The summed E-state index contributed by atoms with van der Waals surface area (Å²) in [5.74, 6) is 1.47. The van der Waals surface area contributed by atoms with E-state index in [1.54, 1.807) is 4.90 Å². The molecule has 0 N–H and O–H groups in total. The Morgan fingerprint density at radius 1 is 1.12 bits per heavy atom. The van der Waals surface area contributed by atoms with Gasteiger partial charge in [0.15, 0.2) is 0 Å². The molecule has 3 fully saturated rings. The first-order valence-electron chi connectivity index (χ1n) is 16.2. The van der Waals surface area contributed by atoms with Gasteiger partial charge < -0.3 is 19.4 Å². The Bertz CT molecular complexity index is 1440. The fourth-order valence-electron chi connectivity index (χ4n) is 8.46. The first kappa shape index (κ1) is 28.1. The molecule has 1 aromatic carbocycles. The number of fused-ring (bicyclic) bond motifs is 3. The zero-order chi connectivity index (χ0) is 29.6. The van der Waals surface area contributed by atoms with Gasteiger partial charge >= 0.3 is 6.01 Å². The molecule has 7 rings (SSSR count). The summed E-state index contributed by atoms with van der Waals surface area (Å²) >= 11 is 0. The molecule has 0 saturated carbocycles. The van der Waals surface area contributed by atoms with Crippen molar-refractivity contribution < 1.29 is 9.53 Å². The van der Waals surface area contributed by atoms with E-state index in [9.17, 15) is 10.1 Å². The number of nitrogens with zero attached hydrogens (tertiary/aromatic N) is 7. The molecule has 5 aliphatic rings. The molecule has 9 heteroatoms. The number of piperazine rings is 1. The first-order valence-corrected chi connectivity index (χ1v) is 16.2. The highest BCUT2D eigenvalue weighted by Crippen LogP contribution is 2.40. The summed E-state index contributed by atoms with van der Waals surface area (Å²) in [5, 5.41) is 9.56. The number of ether oxygens (including phenoxy) is 1. The fraction of sp³-hybridized carbons (Fsp3) is 0.588. The predicted molar refractivity (Wildman–Crippen MR) is 166 cm³/mol. The lowest BCUT2D eigenvalue weighted by Gasteiger charge is -2.42. The normalized spacial score (nSPS) is 24.3. The molecular formula is C34H43N7O2. The van der Waals surface area contributed by atoms with E-state index in [2.05, 4.69) is 52.5 Å². The average Bonchev–Trinajstić information content (AvgIpc) is 3.72. The highest BCUT2D eigenvalue weighted by molar-refractivity contribution is 5.87. The van der Waals surface area contributed by atoms with Crippen molar-refractivity contribution in [1.82, 2.24) is 19.8 Å². The summed E-state index contributed by atoms with van der Waals surface area (Å²) in [6.07, 6.45) is 9.54. The molecule has 0 unspecified atom stereocenters. The van der Waals surface area contributed by atoms with Gasteiger partial charge in [0.1, 0.15) is 12.4 Å². The molecule has 43 heavy (non-hydrogen) atoms. The summed E-state index contributed by atoms with van der Waals surface area (Å²) in [5.41, 5.74) is 6.63. The summed E-state index contributed by atoms with van der Waals surface area (Å²) in [7, 11) is 0. The van der Waals surface area contributed by atoms with Crippen LogP contribution >= 0.6 is 0 Å². The van der Waals surface area contributed by atoms with Crippen LogP contribution in [0.4, 0.5) is 11.5 Å². The van der Waals surface area contributed by atoms with Gasteiger partial charge in [0.2, 0.25) is 5.91 Å². The third kappa shape index (κ3) is 5.14. The minimum absolute atomic E-state index is 0.112. The van der Waals surface area contributed by atoms with Gasteiger partial charge in [-0.1, -0.05) is 25.6 Å². The van der Waals surface area contributed by atoms with E-state index < -0.39 is 0 Å². The van der Waals surface area contributed by atoms with Gasteiger partial charge in [0.05, 0.1) is 36.3 Å². The molecule has 1 amide bonds. The summed E-state index contributed by atoms with van der Waals surface area (Å²) < 4.78 is 6.53. The second-order valence-electron chi connectivity index (χ2n) is 13.3. The van der Waals surface area contributed by atoms with E-state index in [1.807, 2.05) is 0 Å². The number of amides is 1. The van der Waals surface area contributed by atoms with Crippen molar-refractivity contribution in [3.63, 3.8) is 0 Å². The number of nitriles is 1. The third-order valence-corrected chi connectivity index (χ3v) is 10.6. The summed E-state index contributed by atoms with van der Waals surface area (Å²) in [4.78, 5) is 31.9. The zero-order valence-electron chi connectivity index (χ0n) is 25.4. The van der Waals surface area contributed by atoms with Gasteiger partial charge in [-0.05, 0) is 87.2 Å². The molecular weight excluding hydrogens is 538 g/mol. The first-order chi connectivity index (χ1) is 21.0. The lowest BCUT2D eigenvalue weighted by molar-refractivity contribution is -0.128. The highest BCUT2D eigenvalue weighted by atomic mass is 16.5. The van der Waals surface area contributed by atoms with Crippen LogP contribution in [0.15, 0.2) is 30.9 Å². The SMILES string of the molecule is C=CC(=O)N1CCN(c2nc(OCC34CCCN3CCC4)nc3c2CCN(c2cccc4c2C[C@H](C)C4)C3)C[C@@H]1CC#N. The predicted octanol–water partition coefficient (Wildman–Crippen LogP) is 3.90. The van der Waals surface area contributed by atoms with Crippen LogP contribution in [-0.2, 0) is 30.6 Å². The maximum Gasteiger partial charge on any atom is 0.318 e. The van der Waals surface area contributed by atoms with Crippen LogP contribution in [0.1, 0.15) is 61.4 Å². The van der Waals surface area contributed by atoms with Crippen LogP contribution in [0, 0.1) is 17.2 Å². The molecule has 1 aromatic heterocycles. The largest absolute Gasteiger partial charge is 0.461 e. The molecule has 0 spiro atoms. The lowest BCUT2D eigenvalue weighted by Crippen LogP contribution is -2.55. The number of carbonyl (C=O) groups excluding carboxylic acids is 1. The maximum absolute atomic E-state index is 12.6. The molecule has 9 nitrogen and oxygen atoms in total. The van der Waals surface area contributed by atoms with Gasteiger partial charge in [-0.25, -0.2) is 0 Å². The number of hydrogen-bond acceptors (Lipinski definition) is 8. The van der Waals surface area contributed by atoms with Crippen LogP contribution in [0.5, 0.6) is 6.01 Å². The van der Waals surface area contributed by atoms with Gasteiger partial charge in [0.25, 0.3) is 0 Å². The molecule has 3 saturated heterocycles. The van der Waals surface area contributed by atoms with E-state index in [-0.39, 0.29) is 23.9 Å². The quantitative estimate of drug-likeness (QED) is 0.455. The number of benzene rings is 1. The maximum atomic E-state index is 12.6. The molecule has 2 aromatic rings. The Morgan fingerprint density at radius 2 is 1.95 bits per heavy atom. The van der Waals surface area contributed by atoms with Gasteiger partial charge in [-0.3, -0.25) is 9.69 Å². The van der Waals surface area contributed by atoms with Crippen LogP contribution in [-0.4, -0.2) is 83.1 Å². The van der Waals surface area contributed by atoms with Crippen molar-refractivity contribution in [3.05, 3.63) is 53.2 Å². The lowest BCUT2D eigenvalue weighted by atomic mass is 9.95. The zero-order valence-corrected chi connectivity index (χ0v) is 25.4. The van der Waals surface area contributed by atoms with Crippen molar-refractivity contribution in [2.45, 2.75) is 76.4 Å². The van der Waals surface area contributed by atoms with Crippen LogP contribution in [0.2, 0.25) is 0 Å². The van der Waals surface area contributed by atoms with Crippen molar-refractivity contribution in [3.8, 4) is 12.1 Å². The fourth-order valence-corrected chi connectivity index (χ4v) is 8.46. The van der Waals surface area contributed by atoms with Crippen molar-refractivity contribution >= 4 is 17.4 Å². The molecule has 2 atom stereocenters. The number of aromatic nitrogens is 2. The van der Waals surface area contributed by atoms with Crippen LogP contribution in [0.3, 0.4) is 0 Å². The van der Waals surface area contributed by atoms with E-state index in [0.29, 0.717) is 38.2 Å². The van der Waals surface area contributed by atoms with Gasteiger partial charge in [0, 0.05) is 37.4 Å². The Hall–Kier alpha value is -3.64. The van der Waals surface area contributed by atoms with Crippen LogP contribution < -0.4 is 14.5 Å². The van der Waals surface area contributed by atoms with Crippen molar-refractivity contribution in [1.29, 1.82) is 5.26 Å². The Morgan fingerprint density at radius 3 is 2.74 bits per heavy atom. The standard InChI is InChI=1S/C34H43N7O2/c1-3-31(42)41-18-17-39(21-26(41)9-13-35)32-27-10-16-38(30-8-4-7-25-19-24(2)20-28(25)30)22-29(27)36-33(37-32)43-23-34-11-5-14-40(34)15-6-12-34/h3-4,7-8,24,26H,1,5-6,9-12,14-23H2,2H3/t24-,26+/m1/s1. The van der Waals surface area contributed by atoms with Gasteiger partial charge in [-0.2, -0.15) is 15.2 Å². The summed E-state index contributed by atoms with van der Waals surface area (Å²) in [6, 6.07) is 9.30. The minimum atomic E-state index is -0.211. The molecule has 0 radical (unpaired) electrons. The van der Waals surface area contributed by atoms with Crippen molar-refractivity contribution in [2.75, 3.05) is 55.7 Å². The third-order valence-electron chi connectivity index (χ3n) is 10.6. The van der Waals surface area contributed by atoms with E-state index in [4.69, 9.17) is 14.7 Å². The highest BCUT2D eigenvalue weighted by Gasteiger charge is 2.45. The molecule has 1 aliphatic carbocycles. The monoisotopic (exact) mass is 581 g/mol. The minimum Gasteiger partial charge on any atom is -0.461 e. The van der Waals surface area contributed by atoms with E-state index in [1.165, 1.54) is 54.1 Å². The molecule has 4 aliphatic heterocycles. The van der Waals surface area contributed by atoms with E-state index in [0.717, 1.165) is 57.0 Å². The summed E-state index contributed by atoms with van der Waals surface area (Å²) in [6.45, 7) is 12.3. The molecule has 226 valence electrons. The second kappa shape index (κ2) is 11.5. The number of anilines is 2.